The first-order valence-corrected chi connectivity index (χ1v) is 7.14. The zero-order chi connectivity index (χ0) is 15.4. The number of aryl methyl sites for hydroxylation is 1. The summed E-state index contributed by atoms with van der Waals surface area (Å²) >= 11 is 3.39. The highest BCUT2D eigenvalue weighted by Crippen LogP contribution is 2.30. The van der Waals surface area contributed by atoms with Crippen molar-refractivity contribution in [3.63, 3.8) is 0 Å². The van der Waals surface area contributed by atoms with Gasteiger partial charge in [0.05, 0.1) is 25.5 Å². The molecule has 0 unspecified atom stereocenters. The molecule has 21 heavy (non-hydrogen) atoms. The zero-order valence-corrected chi connectivity index (χ0v) is 13.7. The highest BCUT2D eigenvalue weighted by Gasteiger charge is 2.13. The average molecular weight is 350 g/mol. The van der Waals surface area contributed by atoms with Gasteiger partial charge in [0.15, 0.2) is 0 Å². The third-order valence-electron chi connectivity index (χ3n) is 3.02. The average Bonchev–Trinajstić information content (AvgIpc) is 2.49. The molecule has 2 rings (SSSR count). The van der Waals surface area contributed by atoms with Gasteiger partial charge in [-0.15, -0.1) is 0 Å². The van der Waals surface area contributed by atoms with Crippen LogP contribution in [0.25, 0.3) is 0 Å². The van der Waals surface area contributed by atoms with E-state index in [0.29, 0.717) is 22.7 Å². The molecule has 0 aliphatic heterocycles. The number of anilines is 1. The van der Waals surface area contributed by atoms with Crippen molar-refractivity contribution < 1.29 is 14.3 Å². The maximum atomic E-state index is 12.4. The van der Waals surface area contributed by atoms with Crippen molar-refractivity contribution in [3.8, 4) is 11.5 Å². The van der Waals surface area contributed by atoms with Crippen LogP contribution in [0.15, 0.2) is 40.9 Å². The third-order valence-corrected chi connectivity index (χ3v) is 3.71. The molecule has 5 heteroatoms. The van der Waals surface area contributed by atoms with Gasteiger partial charge in [-0.25, -0.2) is 0 Å². The lowest BCUT2D eigenvalue weighted by molar-refractivity contribution is 0.102. The van der Waals surface area contributed by atoms with Gasteiger partial charge in [0.25, 0.3) is 5.91 Å². The van der Waals surface area contributed by atoms with E-state index in [2.05, 4.69) is 21.2 Å². The fourth-order valence-electron chi connectivity index (χ4n) is 1.91. The Hall–Kier alpha value is -2.01. The van der Waals surface area contributed by atoms with E-state index in [4.69, 9.17) is 9.47 Å². The van der Waals surface area contributed by atoms with Gasteiger partial charge in [0.2, 0.25) is 0 Å². The minimum Gasteiger partial charge on any atom is -0.497 e. The maximum absolute atomic E-state index is 12.4. The van der Waals surface area contributed by atoms with Crippen LogP contribution in [-0.2, 0) is 0 Å². The lowest BCUT2D eigenvalue weighted by Crippen LogP contribution is -2.13. The molecule has 0 bridgehead atoms. The minimum atomic E-state index is -0.211. The highest BCUT2D eigenvalue weighted by atomic mass is 79.9. The molecule has 2 aromatic rings. The van der Waals surface area contributed by atoms with Crippen LogP contribution in [0.1, 0.15) is 15.9 Å². The van der Waals surface area contributed by atoms with E-state index in [-0.39, 0.29) is 5.91 Å². The summed E-state index contributed by atoms with van der Waals surface area (Å²) in [6.07, 6.45) is 0. The number of benzene rings is 2. The molecule has 1 N–H and O–H groups in total. The number of nitrogens with one attached hydrogen (secondary N) is 1. The van der Waals surface area contributed by atoms with Crippen molar-refractivity contribution in [1.82, 2.24) is 0 Å². The van der Waals surface area contributed by atoms with Crippen molar-refractivity contribution in [2.75, 3.05) is 19.5 Å². The number of amides is 1. The van der Waals surface area contributed by atoms with Gasteiger partial charge in [-0.3, -0.25) is 4.79 Å². The summed E-state index contributed by atoms with van der Waals surface area (Å²) in [6, 6.07) is 10.9. The van der Waals surface area contributed by atoms with E-state index in [1.54, 1.807) is 32.4 Å². The number of halogens is 1. The first-order chi connectivity index (χ1) is 10.0. The second-order valence-electron chi connectivity index (χ2n) is 4.50. The molecule has 0 heterocycles. The zero-order valence-electron chi connectivity index (χ0n) is 12.1. The van der Waals surface area contributed by atoms with Crippen LogP contribution >= 0.6 is 15.9 Å². The number of carbonyl (C=O) groups is 1. The molecule has 1 amide bonds. The quantitative estimate of drug-likeness (QED) is 0.906. The van der Waals surface area contributed by atoms with Gasteiger partial charge < -0.3 is 14.8 Å². The van der Waals surface area contributed by atoms with Gasteiger partial charge in [-0.2, -0.15) is 0 Å². The maximum Gasteiger partial charge on any atom is 0.256 e. The molecule has 0 fully saturated rings. The smallest absolute Gasteiger partial charge is 0.256 e. The van der Waals surface area contributed by atoms with Crippen LogP contribution < -0.4 is 14.8 Å². The summed E-state index contributed by atoms with van der Waals surface area (Å²) in [5.74, 6) is 1.01. The second kappa shape index (κ2) is 6.63. The van der Waals surface area contributed by atoms with Gasteiger partial charge in [0, 0.05) is 10.5 Å². The highest BCUT2D eigenvalue weighted by molar-refractivity contribution is 9.10. The van der Waals surface area contributed by atoms with E-state index in [9.17, 15) is 4.79 Å². The Bertz CT molecular complexity index is 671. The molecule has 2 aromatic carbocycles. The Kier molecular flexibility index (Phi) is 4.85. The molecule has 0 saturated heterocycles. The van der Waals surface area contributed by atoms with Crippen LogP contribution in [-0.4, -0.2) is 20.1 Å². The van der Waals surface area contributed by atoms with E-state index >= 15 is 0 Å². The number of hydrogen-bond acceptors (Lipinski definition) is 3. The molecule has 0 aromatic heterocycles. The van der Waals surface area contributed by atoms with Crippen LogP contribution in [0.2, 0.25) is 0 Å². The molecule has 0 spiro atoms. The first kappa shape index (κ1) is 15.4. The van der Waals surface area contributed by atoms with Gasteiger partial charge in [-0.05, 0) is 47.1 Å². The van der Waals surface area contributed by atoms with Crippen molar-refractivity contribution in [1.29, 1.82) is 0 Å². The van der Waals surface area contributed by atoms with Gasteiger partial charge in [0.1, 0.15) is 11.5 Å². The molecule has 0 aliphatic carbocycles. The summed E-state index contributed by atoms with van der Waals surface area (Å²) in [6.45, 7) is 1.94. The minimum absolute atomic E-state index is 0.211. The molecule has 4 nitrogen and oxygen atoms in total. The molecule has 110 valence electrons. The number of methoxy groups -OCH3 is 2. The van der Waals surface area contributed by atoms with Crippen molar-refractivity contribution >= 4 is 27.5 Å². The number of rotatable bonds is 4. The van der Waals surface area contributed by atoms with E-state index < -0.39 is 0 Å². The molecule has 0 aliphatic rings. The predicted molar refractivity (Wildman–Crippen MR) is 86.4 cm³/mol. The Labute approximate surface area is 132 Å². The SMILES string of the molecule is COc1ccc(OC)c(NC(=O)c2cc(C)ccc2Br)c1. The van der Waals surface area contributed by atoms with Gasteiger partial charge >= 0.3 is 0 Å². The van der Waals surface area contributed by atoms with Crippen LogP contribution in [0.3, 0.4) is 0 Å². The van der Waals surface area contributed by atoms with E-state index in [1.165, 1.54) is 0 Å². The number of carbonyl (C=O) groups excluding carboxylic acids is 1. The fourth-order valence-corrected chi connectivity index (χ4v) is 2.34. The monoisotopic (exact) mass is 349 g/mol. The van der Waals surface area contributed by atoms with Crippen LogP contribution in [0, 0.1) is 6.92 Å². The normalized spacial score (nSPS) is 10.1. The third kappa shape index (κ3) is 3.55. The Balaban J connectivity index is 2.32. The standard InChI is InChI=1S/C16H16BrNO3/c1-10-4-6-13(17)12(8-10)16(19)18-14-9-11(20-2)5-7-15(14)21-3/h4-9H,1-3H3,(H,18,19). The summed E-state index contributed by atoms with van der Waals surface area (Å²) < 4.78 is 11.2. The Morgan fingerprint density at radius 1 is 1.10 bits per heavy atom. The molecule has 0 saturated carbocycles. The molecular formula is C16H16BrNO3. The van der Waals surface area contributed by atoms with Crippen molar-refractivity contribution in [3.05, 3.63) is 52.0 Å². The van der Waals surface area contributed by atoms with Crippen molar-refractivity contribution in [2.24, 2.45) is 0 Å². The van der Waals surface area contributed by atoms with Crippen molar-refractivity contribution in [2.45, 2.75) is 6.92 Å². The largest absolute Gasteiger partial charge is 0.497 e. The van der Waals surface area contributed by atoms with Crippen LogP contribution in [0.4, 0.5) is 5.69 Å². The Morgan fingerprint density at radius 3 is 2.52 bits per heavy atom. The second-order valence-corrected chi connectivity index (χ2v) is 5.36. The summed E-state index contributed by atoms with van der Waals surface area (Å²) in [4.78, 5) is 12.4. The fraction of sp³-hybridized carbons (Fsp3) is 0.188. The number of hydrogen-bond donors (Lipinski definition) is 1. The number of ether oxygens (including phenoxy) is 2. The van der Waals surface area contributed by atoms with E-state index in [0.717, 1.165) is 10.0 Å². The molecular weight excluding hydrogens is 334 g/mol. The predicted octanol–water partition coefficient (Wildman–Crippen LogP) is 4.03. The lowest BCUT2D eigenvalue weighted by Gasteiger charge is -2.12. The first-order valence-electron chi connectivity index (χ1n) is 6.34. The van der Waals surface area contributed by atoms with Crippen LogP contribution in [0.5, 0.6) is 11.5 Å². The summed E-state index contributed by atoms with van der Waals surface area (Å²) in [5, 5.41) is 2.85. The van der Waals surface area contributed by atoms with E-state index in [1.807, 2.05) is 25.1 Å². The van der Waals surface area contributed by atoms with Gasteiger partial charge in [-0.1, -0.05) is 11.6 Å². The molecule has 0 radical (unpaired) electrons. The lowest BCUT2D eigenvalue weighted by atomic mass is 10.1. The summed E-state index contributed by atoms with van der Waals surface area (Å²) in [5.41, 5.74) is 2.15. The topological polar surface area (TPSA) is 47.6 Å². The Morgan fingerprint density at radius 2 is 1.86 bits per heavy atom. The summed E-state index contributed by atoms with van der Waals surface area (Å²) in [7, 11) is 3.13. The molecule has 0 atom stereocenters.